The van der Waals surface area contributed by atoms with Gasteiger partial charge >= 0.3 is 0 Å². The second kappa shape index (κ2) is 12.6. The molecule has 0 bridgehead atoms. The van der Waals surface area contributed by atoms with Crippen LogP contribution >= 0.6 is 0 Å². The maximum absolute atomic E-state index is 4.05. The lowest BCUT2D eigenvalue weighted by molar-refractivity contribution is 1.18. The fraction of sp³-hybridized carbons (Fsp3) is 0.0455. The summed E-state index contributed by atoms with van der Waals surface area (Å²) >= 11 is 0. The van der Waals surface area contributed by atoms with E-state index >= 15 is 0 Å². The second-order valence-corrected chi connectivity index (χ2v) is 11.7. The van der Waals surface area contributed by atoms with Crippen LogP contribution in [0.1, 0.15) is 23.6 Å². The molecule has 0 aliphatic rings. The van der Waals surface area contributed by atoms with Gasteiger partial charge in [-0.1, -0.05) is 127 Å². The Kier molecular flexibility index (Phi) is 7.93. The number of hydrogen-bond acceptors (Lipinski definition) is 1. The van der Waals surface area contributed by atoms with Crippen molar-refractivity contribution in [2.75, 3.05) is 5.32 Å². The number of benzene rings is 6. The van der Waals surface area contributed by atoms with Gasteiger partial charge in [-0.25, -0.2) is 0 Å². The predicted molar refractivity (Wildman–Crippen MR) is 199 cm³/mol. The number of aromatic nitrogens is 1. The van der Waals surface area contributed by atoms with Gasteiger partial charge in [0.1, 0.15) is 0 Å². The summed E-state index contributed by atoms with van der Waals surface area (Å²) in [7, 11) is 0. The summed E-state index contributed by atoms with van der Waals surface area (Å²) in [6, 6.07) is 51.8. The Bertz CT molecular complexity index is 2260. The summed E-state index contributed by atoms with van der Waals surface area (Å²) in [5.74, 6) is 0. The molecule has 7 rings (SSSR count). The third-order valence-corrected chi connectivity index (χ3v) is 8.54. The minimum absolute atomic E-state index is 1.07. The zero-order chi connectivity index (χ0) is 31.5. The number of aryl methyl sites for hydroxylation is 1. The number of para-hydroxylation sites is 3. The first-order chi connectivity index (χ1) is 22.6. The van der Waals surface area contributed by atoms with Gasteiger partial charge in [0.2, 0.25) is 0 Å². The van der Waals surface area contributed by atoms with Crippen LogP contribution in [0, 0.1) is 6.92 Å². The van der Waals surface area contributed by atoms with Gasteiger partial charge < -0.3 is 9.88 Å². The van der Waals surface area contributed by atoms with E-state index in [2.05, 4.69) is 170 Å². The van der Waals surface area contributed by atoms with Crippen LogP contribution in [0.3, 0.4) is 0 Å². The molecule has 1 aromatic heterocycles. The van der Waals surface area contributed by atoms with Gasteiger partial charge in [0.15, 0.2) is 0 Å². The van der Waals surface area contributed by atoms with Crippen LogP contribution in [-0.2, 0) is 0 Å². The van der Waals surface area contributed by atoms with Gasteiger partial charge in [0.25, 0.3) is 0 Å². The van der Waals surface area contributed by atoms with Crippen LogP contribution in [0.5, 0.6) is 0 Å². The van der Waals surface area contributed by atoms with Crippen LogP contribution in [0.4, 0.5) is 11.4 Å². The average Bonchev–Trinajstić information content (AvgIpc) is 3.42. The van der Waals surface area contributed by atoms with E-state index in [1.807, 2.05) is 24.3 Å². The fourth-order valence-corrected chi connectivity index (χ4v) is 6.36. The Morgan fingerprint density at radius 3 is 2.20 bits per heavy atom. The van der Waals surface area contributed by atoms with Crippen molar-refractivity contribution in [2.24, 2.45) is 0 Å². The maximum atomic E-state index is 4.05. The van der Waals surface area contributed by atoms with Gasteiger partial charge in [-0.2, -0.15) is 0 Å². The molecule has 1 N–H and O–H groups in total. The Morgan fingerprint density at radius 1 is 0.652 bits per heavy atom. The first kappa shape index (κ1) is 28.9. The first-order valence-corrected chi connectivity index (χ1v) is 15.7. The molecular formula is C44H36N2. The normalized spacial score (nSPS) is 12.0. The predicted octanol–water partition coefficient (Wildman–Crippen LogP) is 12.2. The topological polar surface area (TPSA) is 17.0 Å². The summed E-state index contributed by atoms with van der Waals surface area (Å²) in [4.78, 5) is 0. The van der Waals surface area contributed by atoms with Gasteiger partial charge in [-0.05, 0) is 90.2 Å². The molecule has 0 saturated carbocycles. The molecule has 0 saturated heterocycles. The molecule has 46 heavy (non-hydrogen) atoms. The molecule has 0 atom stereocenters. The van der Waals surface area contributed by atoms with Gasteiger partial charge in [0, 0.05) is 33.4 Å². The fourth-order valence-electron chi connectivity index (χ4n) is 6.36. The quantitative estimate of drug-likeness (QED) is 0.174. The van der Waals surface area contributed by atoms with Crippen molar-refractivity contribution in [1.82, 2.24) is 4.57 Å². The van der Waals surface area contributed by atoms with Crippen molar-refractivity contribution in [2.45, 2.75) is 13.8 Å². The van der Waals surface area contributed by atoms with Crippen LogP contribution < -0.4 is 5.32 Å². The minimum Gasteiger partial charge on any atom is -0.355 e. The second-order valence-electron chi connectivity index (χ2n) is 11.7. The summed E-state index contributed by atoms with van der Waals surface area (Å²) in [6.07, 6.45) is 6.23. The van der Waals surface area contributed by atoms with Gasteiger partial charge in [-0.3, -0.25) is 0 Å². The van der Waals surface area contributed by atoms with Crippen LogP contribution in [0.15, 0.2) is 170 Å². The van der Waals surface area contributed by atoms with E-state index in [4.69, 9.17) is 0 Å². The number of anilines is 2. The summed E-state index contributed by atoms with van der Waals surface area (Å²) in [5.41, 5.74) is 14.0. The van der Waals surface area contributed by atoms with Crippen LogP contribution in [0.25, 0.3) is 49.8 Å². The van der Waals surface area contributed by atoms with Crippen LogP contribution in [0.2, 0.25) is 0 Å². The Labute approximate surface area is 271 Å². The number of nitrogens with one attached hydrogen (secondary N) is 1. The SMILES string of the molecule is C=C/C=C(\C=C(/C)c1ccccc1Nc1ccccc1)c1ccc2c(c1)c1ccccc1n2-c1cccc(-c2cccc(C)c2)c1. The molecule has 0 aliphatic carbocycles. The van der Waals surface area contributed by atoms with Gasteiger partial charge in [0.05, 0.1) is 11.0 Å². The van der Waals surface area contributed by atoms with Crippen molar-refractivity contribution in [1.29, 1.82) is 0 Å². The summed E-state index contributed by atoms with van der Waals surface area (Å²) < 4.78 is 2.39. The van der Waals surface area contributed by atoms with Gasteiger partial charge in [-0.15, -0.1) is 0 Å². The molecule has 0 spiro atoms. The van der Waals surface area contributed by atoms with E-state index in [-0.39, 0.29) is 0 Å². The summed E-state index contributed by atoms with van der Waals surface area (Å²) in [6.45, 7) is 8.37. The molecule has 1 heterocycles. The maximum Gasteiger partial charge on any atom is 0.0541 e. The molecule has 0 radical (unpaired) electrons. The Hall–Kier alpha value is -5.86. The molecule has 7 aromatic rings. The number of rotatable bonds is 8. The van der Waals surface area contributed by atoms with E-state index in [1.165, 1.54) is 44.1 Å². The Balaban J connectivity index is 1.31. The zero-order valence-electron chi connectivity index (χ0n) is 26.2. The largest absolute Gasteiger partial charge is 0.355 e. The van der Waals surface area contributed by atoms with Crippen molar-refractivity contribution < 1.29 is 0 Å². The monoisotopic (exact) mass is 592 g/mol. The third kappa shape index (κ3) is 5.69. The highest BCUT2D eigenvalue weighted by atomic mass is 15.0. The standard InChI is InChI=1S/C44H36N2/c1-4-14-33(28-32(3)39-21-8-10-23-42(39)45-37-18-6-5-7-19-37)36-25-26-44-41(30-36)40-22-9-11-24-43(40)46(44)38-20-13-17-35(29-38)34-16-12-15-31(2)27-34/h4-30,45H,1H2,2-3H3/b32-28+,33-14+. The first-order valence-electron chi connectivity index (χ1n) is 15.7. The highest BCUT2D eigenvalue weighted by molar-refractivity contribution is 6.10. The molecule has 0 unspecified atom stereocenters. The molecule has 0 aliphatic heterocycles. The lowest BCUT2D eigenvalue weighted by Crippen LogP contribution is -1.95. The van der Waals surface area contributed by atoms with E-state index in [0.29, 0.717) is 0 Å². The molecular weight excluding hydrogens is 556 g/mol. The van der Waals surface area contributed by atoms with E-state index in [1.54, 1.807) is 0 Å². The van der Waals surface area contributed by atoms with Crippen LogP contribution in [-0.4, -0.2) is 4.57 Å². The minimum atomic E-state index is 1.07. The number of fused-ring (bicyclic) bond motifs is 3. The van der Waals surface area contributed by atoms with E-state index < -0.39 is 0 Å². The smallest absolute Gasteiger partial charge is 0.0541 e. The van der Waals surface area contributed by atoms with Crippen molar-refractivity contribution in [3.8, 4) is 16.8 Å². The average molecular weight is 593 g/mol. The molecule has 2 heteroatoms. The molecule has 6 aromatic carbocycles. The lowest BCUT2D eigenvalue weighted by atomic mass is 9.97. The Morgan fingerprint density at radius 2 is 1.37 bits per heavy atom. The molecule has 2 nitrogen and oxygen atoms in total. The van der Waals surface area contributed by atoms with Crippen molar-refractivity contribution >= 4 is 44.3 Å². The highest BCUT2D eigenvalue weighted by Crippen LogP contribution is 2.36. The summed E-state index contributed by atoms with van der Waals surface area (Å²) in [5, 5.41) is 6.05. The van der Waals surface area contributed by atoms with Crippen molar-refractivity contribution in [3.63, 3.8) is 0 Å². The zero-order valence-corrected chi connectivity index (χ0v) is 26.2. The molecule has 222 valence electrons. The van der Waals surface area contributed by atoms with E-state index in [0.717, 1.165) is 33.8 Å². The highest BCUT2D eigenvalue weighted by Gasteiger charge is 2.14. The number of allylic oxidation sites excluding steroid dienone is 5. The third-order valence-electron chi connectivity index (χ3n) is 8.54. The molecule has 0 amide bonds. The number of hydrogen-bond donors (Lipinski definition) is 1. The van der Waals surface area contributed by atoms with E-state index in [9.17, 15) is 0 Å². The molecule has 0 fully saturated rings. The van der Waals surface area contributed by atoms with Crippen molar-refractivity contribution in [3.05, 3.63) is 187 Å². The lowest BCUT2D eigenvalue weighted by Gasteiger charge is -2.14. The number of nitrogens with zero attached hydrogens (tertiary/aromatic N) is 1.